The van der Waals surface area contributed by atoms with Crippen molar-refractivity contribution >= 4 is 23.6 Å². The van der Waals surface area contributed by atoms with Crippen molar-refractivity contribution in [3.05, 3.63) is 29.8 Å². The average molecular weight is 448 g/mol. The van der Waals surface area contributed by atoms with E-state index in [9.17, 15) is 9.59 Å². The Hall–Kier alpha value is -2.81. The monoisotopic (exact) mass is 447 g/mol. The van der Waals surface area contributed by atoms with E-state index in [1.165, 1.54) is 0 Å². The minimum Gasteiger partial charge on any atom is -0.444 e. The average Bonchev–Trinajstić information content (AvgIpc) is 3.26. The molecule has 1 unspecified atom stereocenters. The first-order valence-electron chi connectivity index (χ1n) is 11.3. The number of nitrogens with one attached hydrogen (secondary N) is 4. The molecule has 1 atom stereocenters. The summed E-state index contributed by atoms with van der Waals surface area (Å²) in [5.41, 5.74) is 1.22. The summed E-state index contributed by atoms with van der Waals surface area (Å²) in [5.74, 6) is 0.594. The molecule has 1 aromatic rings. The van der Waals surface area contributed by atoms with Crippen molar-refractivity contribution < 1.29 is 19.1 Å². The zero-order chi connectivity index (χ0) is 23.4. The molecule has 0 aliphatic carbocycles. The molecular formula is C23H37N5O4. The van der Waals surface area contributed by atoms with E-state index in [1.807, 2.05) is 52.0 Å². The molecule has 0 saturated carbocycles. The summed E-state index contributed by atoms with van der Waals surface area (Å²) in [6.07, 6.45) is 1.65. The minimum absolute atomic E-state index is 0.0989. The van der Waals surface area contributed by atoms with Crippen LogP contribution in [0.15, 0.2) is 29.3 Å². The predicted octanol–water partition coefficient (Wildman–Crippen LogP) is 2.77. The van der Waals surface area contributed by atoms with E-state index >= 15 is 0 Å². The highest BCUT2D eigenvalue weighted by molar-refractivity contribution is 5.94. The highest BCUT2D eigenvalue weighted by Crippen LogP contribution is 2.16. The Morgan fingerprint density at radius 2 is 1.97 bits per heavy atom. The van der Waals surface area contributed by atoms with Gasteiger partial charge in [0.1, 0.15) is 11.7 Å². The number of rotatable bonds is 9. The number of nitrogens with zero attached hydrogens (tertiary/aromatic N) is 1. The lowest BCUT2D eigenvalue weighted by atomic mass is 10.2. The predicted molar refractivity (Wildman–Crippen MR) is 126 cm³/mol. The summed E-state index contributed by atoms with van der Waals surface area (Å²) in [7, 11) is 0. The number of anilines is 1. The quantitative estimate of drug-likeness (QED) is 0.263. The first-order chi connectivity index (χ1) is 15.3. The third-order valence-corrected chi connectivity index (χ3v) is 4.49. The number of hydrogen-bond donors (Lipinski definition) is 4. The zero-order valence-electron chi connectivity index (χ0n) is 19.6. The molecule has 2 amide bonds. The third-order valence-electron chi connectivity index (χ3n) is 4.49. The van der Waals surface area contributed by atoms with Crippen molar-refractivity contribution in [2.45, 2.75) is 65.2 Å². The number of alkyl carbamates (subject to hydrolysis) is 1. The van der Waals surface area contributed by atoms with E-state index in [2.05, 4.69) is 26.3 Å². The van der Waals surface area contributed by atoms with Gasteiger partial charge in [-0.2, -0.15) is 0 Å². The lowest BCUT2D eigenvalue weighted by Crippen LogP contribution is -2.39. The molecule has 32 heavy (non-hydrogen) atoms. The molecule has 0 bridgehead atoms. The minimum atomic E-state index is -0.502. The molecule has 2 rings (SSSR count). The van der Waals surface area contributed by atoms with Crippen molar-refractivity contribution in [1.82, 2.24) is 16.0 Å². The van der Waals surface area contributed by atoms with Crippen LogP contribution in [-0.4, -0.2) is 55.9 Å². The van der Waals surface area contributed by atoms with Gasteiger partial charge < -0.3 is 30.7 Å². The standard InChI is InChI=1S/C23H37N5O4/c1-5-24-21(25-12-8-13-26-22(30)32-23(2,3)4)27-16-17-9-6-10-18(15-17)28-20(29)19-11-7-14-31-19/h6,9-10,15,19H,5,7-8,11-14,16H2,1-4H3,(H,26,30)(H,28,29)(H2,24,25,27). The molecule has 4 N–H and O–H groups in total. The van der Waals surface area contributed by atoms with Gasteiger partial charge in [0, 0.05) is 31.9 Å². The summed E-state index contributed by atoms with van der Waals surface area (Å²) >= 11 is 0. The number of amides is 2. The van der Waals surface area contributed by atoms with E-state index in [4.69, 9.17) is 9.47 Å². The maximum atomic E-state index is 12.2. The van der Waals surface area contributed by atoms with E-state index in [1.54, 1.807) is 0 Å². The molecule has 1 saturated heterocycles. The van der Waals surface area contributed by atoms with E-state index in [0.717, 1.165) is 37.1 Å². The van der Waals surface area contributed by atoms with Gasteiger partial charge in [-0.1, -0.05) is 12.1 Å². The number of benzene rings is 1. The van der Waals surface area contributed by atoms with E-state index in [-0.39, 0.29) is 12.0 Å². The SMILES string of the molecule is CCNC(=NCc1cccc(NC(=O)C2CCCO2)c1)NCCCNC(=O)OC(C)(C)C. The van der Waals surface area contributed by atoms with Crippen molar-refractivity contribution in [1.29, 1.82) is 0 Å². The molecule has 9 heteroatoms. The molecule has 178 valence electrons. The van der Waals surface area contributed by atoms with Gasteiger partial charge in [-0.3, -0.25) is 4.79 Å². The van der Waals surface area contributed by atoms with Crippen molar-refractivity contribution in [3.8, 4) is 0 Å². The molecular weight excluding hydrogens is 410 g/mol. The van der Waals surface area contributed by atoms with Crippen LogP contribution < -0.4 is 21.3 Å². The number of ether oxygens (including phenoxy) is 2. The highest BCUT2D eigenvalue weighted by atomic mass is 16.6. The Morgan fingerprint density at radius 1 is 1.19 bits per heavy atom. The molecule has 1 aliphatic heterocycles. The highest BCUT2D eigenvalue weighted by Gasteiger charge is 2.23. The molecule has 1 heterocycles. The Balaban J connectivity index is 1.78. The van der Waals surface area contributed by atoms with Gasteiger partial charge in [0.05, 0.1) is 6.54 Å². The van der Waals surface area contributed by atoms with Crippen molar-refractivity contribution in [2.75, 3.05) is 31.6 Å². The lowest BCUT2D eigenvalue weighted by molar-refractivity contribution is -0.124. The number of carbonyl (C=O) groups excluding carboxylic acids is 2. The van der Waals surface area contributed by atoms with Crippen LogP contribution in [0, 0.1) is 0 Å². The third kappa shape index (κ3) is 10.00. The van der Waals surface area contributed by atoms with Crippen LogP contribution in [0.2, 0.25) is 0 Å². The molecule has 0 aromatic heterocycles. The molecule has 0 radical (unpaired) electrons. The maximum absolute atomic E-state index is 12.2. The first kappa shape index (κ1) is 25.5. The molecule has 0 spiro atoms. The zero-order valence-corrected chi connectivity index (χ0v) is 19.6. The van der Waals surface area contributed by atoms with Crippen LogP contribution in [0.5, 0.6) is 0 Å². The summed E-state index contributed by atoms with van der Waals surface area (Å²) in [4.78, 5) is 28.5. The second-order valence-electron chi connectivity index (χ2n) is 8.60. The summed E-state index contributed by atoms with van der Waals surface area (Å²) in [5, 5.41) is 12.1. The van der Waals surface area contributed by atoms with Crippen LogP contribution in [0.3, 0.4) is 0 Å². The normalized spacial score (nSPS) is 16.4. The Bertz CT molecular complexity index is 770. The van der Waals surface area contributed by atoms with Gasteiger partial charge in [0.15, 0.2) is 5.96 Å². The number of guanidine groups is 1. The second-order valence-corrected chi connectivity index (χ2v) is 8.60. The topological polar surface area (TPSA) is 113 Å². The van der Waals surface area contributed by atoms with Crippen molar-refractivity contribution in [2.24, 2.45) is 4.99 Å². The molecule has 1 aromatic carbocycles. The van der Waals surface area contributed by atoms with Gasteiger partial charge in [0.25, 0.3) is 5.91 Å². The summed E-state index contributed by atoms with van der Waals surface area (Å²) in [6.45, 7) is 10.5. The van der Waals surface area contributed by atoms with Gasteiger partial charge in [-0.15, -0.1) is 0 Å². The van der Waals surface area contributed by atoms with Crippen LogP contribution in [0.1, 0.15) is 52.5 Å². The van der Waals surface area contributed by atoms with E-state index in [0.29, 0.717) is 32.2 Å². The summed E-state index contributed by atoms with van der Waals surface area (Å²) in [6, 6.07) is 7.66. The van der Waals surface area contributed by atoms with Gasteiger partial charge >= 0.3 is 6.09 Å². The Labute approximate surface area is 190 Å². The van der Waals surface area contributed by atoms with Crippen LogP contribution >= 0.6 is 0 Å². The fourth-order valence-electron chi connectivity index (χ4n) is 3.07. The van der Waals surface area contributed by atoms with Gasteiger partial charge in [0.2, 0.25) is 0 Å². The van der Waals surface area contributed by atoms with Crippen LogP contribution in [0.4, 0.5) is 10.5 Å². The van der Waals surface area contributed by atoms with E-state index < -0.39 is 11.7 Å². The summed E-state index contributed by atoms with van der Waals surface area (Å²) < 4.78 is 10.6. The van der Waals surface area contributed by atoms with Crippen LogP contribution in [0.25, 0.3) is 0 Å². The second kappa shape index (κ2) is 12.9. The van der Waals surface area contributed by atoms with Gasteiger partial charge in [-0.25, -0.2) is 9.79 Å². The molecule has 1 aliphatic rings. The first-order valence-corrected chi connectivity index (χ1v) is 11.3. The smallest absolute Gasteiger partial charge is 0.407 e. The fraction of sp³-hybridized carbons (Fsp3) is 0.609. The number of aliphatic imine (C=N–C) groups is 1. The van der Waals surface area contributed by atoms with Crippen LogP contribution in [-0.2, 0) is 20.8 Å². The lowest BCUT2D eigenvalue weighted by Gasteiger charge is -2.19. The molecule has 1 fully saturated rings. The number of hydrogen-bond acceptors (Lipinski definition) is 5. The van der Waals surface area contributed by atoms with Crippen molar-refractivity contribution in [3.63, 3.8) is 0 Å². The largest absolute Gasteiger partial charge is 0.444 e. The van der Waals surface area contributed by atoms with Gasteiger partial charge in [-0.05, 0) is 64.7 Å². The number of carbonyl (C=O) groups is 2. The Kier molecular flexibility index (Phi) is 10.3. The maximum Gasteiger partial charge on any atom is 0.407 e. The Morgan fingerprint density at radius 3 is 2.66 bits per heavy atom. The fourth-order valence-corrected chi connectivity index (χ4v) is 3.07. The molecule has 9 nitrogen and oxygen atoms in total.